The van der Waals surface area contributed by atoms with Crippen LogP contribution in [-0.4, -0.2) is 20.4 Å². The van der Waals surface area contributed by atoms with E-state index in [2.05, 4.69) is 9.97 Å². The van der Waals surface area contributed by atoms with Crippen LogP contribution in [0.25, 0.3) is 22.4 Å². The summed E-state index contributed by atoms with van der Waals surface area (Å²) >= 11 is 0. The molecule has 5 nitrogen and oxygen atoms in total. The van der Waals surface area contributed by atoms with Gasteiger partial charge in [0.25, 0.3) is 0 Å². The van der Waals surface area contributed by atoms with Crippen LogP contribution in [0.2, 0.25) is 0 Å². The predicted octanol–water partition coefficient (Wildman–Crippen LogP) is 3.14. The third kappa shape index (κ3) is 3.25. The molecule has 0 aliphatic rings. The SMILES string of the molecule is CS(=O)c1ccccc1-c1ccc(-c2ncc(N)nc2C#N)c(F)c1. The lowest BCUT2D eigenvalue weighted by molar-refractivity contribution is 0.631. The van der Waals surface area contributed by atoms with Crippen LogP contribution in [0.4, 0.5) is 10.2 Å². The highest BCUT2D eigenvalue weighted by atomic mass is 32.2. The zero-order chi connectivity index (χ0) is 18.0. The second-order valence-electron chi connectivity index (χ2n) is 5.25. The van der Waals surface area contributed by atoms with Crippen LogP contribution in [-0.2, 0) is 10.8 Å². The Balaban J connectivity index is 2.13. The molecule has 25 heavy (non-hydrogen) atoms. The van der Waals surface area contributed by atoms with Crippen molar-refractivity contribution < 1.29 is 8.60 Å². The maximum absolute atomic E-state index is 14.7. The van der Waals surface area contributed by atoms with Gasteiger partial charge >= 0.3 is 0 Å². The molecular formula is C18H13FN4OS. The van der Waals surface area contributed by atoms with Crippen molar-refractivity contribution in [3.05, 3.63) is 60.2 Å². The largest absolute Gasteiger partial charge is 0.382 e. The molecule has 3 rings (SSSR count). The van der Waals surface area contributed by atoms with E-state index in [1.807, 2.05) is 6.07 Å². The highest BCUT2D eigenvalue weighted by Crippen LogP contribution is 2.31. The molecule has 0 aliphatic carbocycles. The number of anilines is 1. The van der Waals surface area contributed by atoms with Gasteiger partial charge in [0.15, 0.2) is 5.69 Å². The van der Waals surface area contributed by atoms with Gasteiger partial charge in [-0.1, -0.05) is 24.3 Å². The van der Waals surface area contributed by atoms with E-state index in [-0.39, 0.29) is 22.8 Å². The monoisotopic (exact) mass is 352 g/mol. The van der Waals surface area contributed by atoms with Crippen LogP contribution < -0.4 is 5.73 Å². The number of nitriles is 1. The Morgan fingerprint density at radius 3 is 2.64 bits per heavy atom. The van der Waals surface area contributed by atoms with Gasteiger partial charge in [-0.2, -0.15) is 5.26 Å². The third-order valence-electron chi connectivity index (χ3n) is 3.63. The Labute approximate surface area is 146 Å². The number of nitrogen functional groups attached to an aromatic ring is 1. The molecule has 3 aromatic rings. The van der Waals surface area contributed by atoms with Crippen LogP contribution in [0.5, 0.6) is 0 Å². The zero-order valence-electron chi connectivity index (χ0n) is 13.2. The van der Waals surface area contributed by atoms with E-state index in [1.54, 1.807) is 36.6 Å². The van der Waals surface area contributed by atoms with Crippen molar-refractivity contribution in [1.82, 2.24) is 9.97 Å². The summed E-state index contributed by atoms with van der Waals surface area (Å²) in [6.07, 6.45) is 2.85. The Hall–Kier alpha value is -3.11. The van der Waals surface area contributed by atoms with E-state index in [1.165, 1.54) is 18.3 Å². The number of nitrogens with zero attached hydrogens (tertiary/aromatic N) is 3. The van der Waals surface area contributed by atoms with Crippen molar-refractivity contribution in [2.45, 2.75) is 4.90 Å². The summed E-state index contributed by atoms with van der Waals surface area (Å²) < 4.78 is 26.6. The lowest BCUT2D eigenvalue weighted by Gasteiger charge is -2.10. The van der Waals surface area contributed by atoms with E-state index in [0.29, 0.717) is 16.0 Å². The summed E-state index contributed by atoms with van der Waals surface area (Å²) in [6.45, 7) is 0. The molecule has 0 aliphatic heterocycles. The smallest absolute Gasteiger partial charge is 0.169 e. The first kappa shape index (κ1) is 16.7. The van der Waals surface area contributed by atoms with Crippen molar-refractivity contribution >= 4 is 16.6 Å². The van der Waals surface area contributed by atoms with Gasteiger partial charge < -0.3 is 5.73 Å². The lowest BCUT2D eigenvalue weighted by atomic mass is 10.0. The summed E-state index contributed by atoms with van der Waals surface area (Å²) in [4.78, 5) is 8.53. The molecule has 0 fully saturated rings. The van der Waals surface area contributed by atoms with Gasteiger partial charge in [-0.15, -0.1) is 0 Å². The second kappa shape index (κ2) is 6.79. The summed E-state index contributed by atoms with van der Waals surface area (Å²) in [5, 5.41) is 9.16. The van der Waals surface area contributed by atoms with Crippen molar-refractivity contribution in [3.8, 4) is 28.5 Å². The van der Waals surface area contributed by atoms with Crippen molar-refractivity contribution in [2.75, 3.05) is 12.0 Å². The zero-order valence-corrected chi connectivity index (χ0v) is 14.0. The molecule has 0 spiro atoms. The van der Waals surface area contributed by atoms with Gasteiger partial charge in [0.2, 0.25) is 0 Å². The molecule has 0 saturated carbocycles. The molecule has 1 heterocycles. The van der Waals surface area contributed by atoms with Crippen LogP contribution >= 0.6 is 0 Å². The average Bonchev–Trinajstić information content (AvgIpc) is 2.61. The molecule has 2 N–H and O–H groups in total. The molecular weight excluding hydrogens is 339 g/mol. The normalized spacial score (nSPS) is 11.7. The maximum Gasteiger partial charge on any atom is 0.169 e. The number of hydrogen-bond acceptors (Lipinski definition) is 5. The van der Waals surface area contributed by atoms with Crippen LogP contribution in [0.1, 0.15) is 5.69 Å². The molecule has 1 atom stereocenters. The highest BCUT2D eigenvalue weighted by molar-refractivity contribution is 7.84. The molecule has 1 aromatic heterocycles. The minimum Gasteiger partial charge on any atom is -0.382 e. The number of hydrogen-bond donors (Lipinski definition) is 1. The van der Waals surface area contributed by atoms with Gasteiger partial charge in [0, 0.05) is 16.7 Å². The number of nitrogens with two attached hydrogens (primary N) is 1. The van der Waals surface area contributed by atoms with Crippen molar-refractivity contribution in [1.29, 1.82) is 5.26 Å². The number of aromatic nitrogens is 2. The second-order valence-corrected chi connectivity index (χ2v) is 6.60. The fourth-order valence-corrected chi connectivity index (χ4v) is 3.27. The molecule has 124 valence electrons. The predicted molar refractivity (Wildman–Crippen MR) is 94.3 cm³/mol. The van der Waals surface area contributed by atoms with E-state index < -0.39 is 16.6 Å². The van der Waals surface area contributed by atoms with Crippen molar-refractivity contribution in [3.63, 3.8) is 0 Å². The van der Waals surface area contributed by atoms with E-state index in [4.69, 9.17) is 11.0 Å². The number of benzene rings is 2. The Kier molecular flexibility index (Phi) is 4.55. The minimum absolute atomic E-state index is 0.0401. The van der Waals surface area contributed by atoms with Gasteiger partial charge in [0.1, 0.15) is 23.4 Å². The average molecular weight is 352 g/mol. The number of halogens is 1. The lowest BCUT2D eigenvalue weighted by Crippen LogP contribution is -2.00. The topological polar surface area (TPSA) is 92.7 Å². The molecule has 0 saturated heterocycles. The van der Waals surface area contributed by atoms with E-state index >= 15 is 0 Å². The fourth-order valence-electron chi connectivity index (χ4n) is 2.51. The first-order chi connectivity index (χ1) is 12.0. The Morgan fingerprint density at radius 2 is 1.96 bits per heavy atom. The van der Waals surface area contributed by atoms with E-state index in [9.17, 15) is 8.60 Å². The summed E-state index contributed by atoms with van der Waals surface area (Å²) in [5.41, 5.74) is 7.05. The molecule has 7 heteroatoms. The van der Waals surface area contributed by atoms with Crippen LogP contribution in [0.3, 0.4) is 0 Å². The summed E-state index contributed by atoms with van der Waals surface area (Å²) in [5.74, 6) is -0.457. The first-order valence-electron chi connectivity index (χ1n) is 7.26. The third-order valence-corrected chi connectivity index (χ3v) is 4.60. The first-order valence-corrected chi connectivity index (χ1v) is 8.82. The fraction of sp³-hybridized carbons (Fsp3) is 0.0556. The minimum atomic E-state index is -1.20. The van der Waals surface area contributed by atoms with Crippen LogP contribution in [0, 0.1) is 17.1 Å². The standard InChI is InChI=1S/C18H13FN4OS/c1-25(24)16-5-3-2-4-12(16)11-6-7-13(14(19)8-11)18-15(9-20)23-17(21)10-22-18/h2-8,10H,1H3,(H2,21,23). The van der Waals surface area contributed by atoms with Gasteiger partial charge in [-0.05, 0) is 29.3 Å². The molecule has 2 aromatic carbocycles. The molecule has 0 radical (unpaired) electrons. The number of rotatable bonds is 3. The Morgan fingerprint density at radius 1 is 1.20 bits per heavy atom. The molecule has 0 amide bonds. The summed E-state index contributed by atoms with van der Waals surface area (Å²) in [7, 11) is -1.20. The van der Waals surface area contributed by atoms with Crippen LogP contribution in [0.15, 0.2) is 53.6 Å². The van der Waals surface area contributed by atoms with Crippen molar-refractivity contribution in [2.24, 2.45) is 0 Å². The van der Waals surface area contributed by atoms with E-state index in [0.717, 1.165) is 0 Å². The van der Waals surface area contributed by atoms with Gasteiger partial charge in [0.05, 0.1) is 17.0 Å². The highest BCUT2D eigenvalue weighted by Gasteiger charge is 2.15. The summed E-state index contributed by atoms with van der Waals surface area (Å²) in [6, 6.07) is 13.6. The maximum atomic E-state index is 14.7. The van der Waals surface area contributed by atoms with Gasteiger partial charge in [-0.25, -0.2) is 14.4 Å². The molecule has 1 unspecified atom stereocenters. The Bertz CT molecular complexity index is 1030. The molecule has 0 bridgehead atoms. The van der Waals surface area contributed by atoms with Gasteiger partial charge in [-0.3, -0.25) is 4.21 Å². The quantitative estimate of drug-likeness (QED) is 0.782.